The van der Waals surface area contributed by atoms with E-state index in [0.717, 1.165) is 10.0 Å². The number of nitro benzene ring substituents is 1. The molecule has 0 heterocycles. The van der Waals surface area contributed by atoms with Crippen molar-refractivity contribution in [2.45, 2.75) is 6.92 Å². The van der Waals surface area contributed by atoms with Crippen molar-refractivity contribution in [2.24, 2.45) is 0 Å². The van der Waals surface area contributed by atoms with Gasteiger partial charge < -0.3 is 9.47 Å². The number of rotatable bonds is 7. The minimum Gasteiger partial charge on any atom is -0.484 e. The van der Waals surface area contributed by atoms with Crippen molar-refractivity contribution in [1.29, 1.82) is 0 Å². The first-order chi connectivity index (χ1) is 14.7. The number of nitro groups is 1. The summed E-state index contributed by atoms with van der Waals surface area (Å²) in [6, 6.07) is 8.89. The molecule has 10 nitrogen and oxygen atoms in total. The quantitative estimate of drug-likeness (QED) is 0.261. The lowest BCUT2D eigenvalue weighted by molar-refractivity contribution is -0.384. The molecule has 31 heavy (non-hydrogen) atoms. The van der Waals surface area contributed by atoms with Gasteiger partial charge in [-0.1, -0.05) is 15.9 Å². The van der Waals surface area contributed by atoms with Crippen molar-refractivity contribution in [3.63, 3.8) is 0 Å². The molecule has 0 atom stereocenters. The highest BCUT2D eigenvalue weighted by atomic mass is 79.9. The van der Waals surface area contributed by atoms with Gasteiger partial charge in [-0.3, -0.25) is 35.9 Å². The number of halogens is 2. The molecule has 164 valence electrons. The second-order valence-corrected chi connectivity index (χ2v) is 8.09. The maximum absolute atomic E-state index is 12.0. The number of ether oxygens (including phenoxy) is 2. The molecule has 3 N–H and O–H groups in total. The number of nitrogens with zero attached hydrogens (tertiary/aromatic N) is 1. The van der Waals surface area contributed by atoms with Gasteiger partial charge in [0.15, 0.2) is 18.3 Å². The molecule has 0 aromatic heterocycles. The Morgan fingerprint density at radius 1 is 1.06 bits per heavy atom. The number of hydrogen-bond donors (Lipinski definition) is 3. The minimum absolute atomic E-state index is 0.0915. The maximum atomic E-state index is 12.0. The van der Waals surface area contributed by atoms with Gasteiger partial charge in [0, 0.05) is 16.6 Å². The molecule has 0 saturated heterocycles. The molecule has 0 saturated carbocycles. The molecule has 2 aromatic carbocycles. The van der Waals surface area contributed by atoms with Crippen LogP contribution in [0.5, 0.6) is 11.5 Å². The zero-order chi connectivity index (χ0) is 23.0. The lowest BCUT2D eigenvalue weighted by Gasteiger charge is -2.13. The fourth-order valence-corrected chi connectivity index (χ4v) is 3.90. The molecule has 0 radical (unpaired) electrons. The topological polar surface area (TPSA) is 132 Å². The number of carbonyl (C=O) groups is 2. The average molecular weight is 576 g/mol. The van der Waals surface area contributed by atoms with Crippen LogP contribution in [0.4, 0.5) is 5.69 Å². The van der Waals surface area contributed by atoms with Crippen LogP contribution in [-0.4, -0.2) is 35.1 Å². The molecule has 0 aliphatic rings. The molecule has 0 spiro atoms. The minimum atomic E-state index is -0.583. The molecule has 0 unspecified atom stereocenters. The first-order valence-electron chi connectivity index (χ1n) is 8.50. The van der Waals surface area contributed by atoms with Crippen molar-refractivity contribution in [3.05, 3.63) is 61.0 Å². The Labute approximate surface area is 199 Å². The van der Waals surface area contributed by atoms with Crippen LogP contribution in [0.25, 0.3) is 0 Å². The van der Waals surface area contributed by atoms with Crippen LogP contribution in [0.15, 0.2) is 45.3 Å². The fourth-order valence-electron chi connectivity index (χ4n) is 2.18. The highest BCUT2D eigenvalue weighted by Crippen LogP contribution is 2.32. The van der Waals surface area contributed by atoms with Gasteiger partial charge in [0.05, 0.1) is 9.40 Å². The van der Waals surface area contributed by atoms with E-state index < -0.39 is 16.7 Å². The van der Waals surface area contributed by atoms with E-state index in [1.54, 1.807) is 6.07 Å². The zero-order valence-electron chi connectivity index (χ0n) is 15.9. The summed E-state index contributed by atoms with van der Waals surface area (Å²) in [7, 11) is 0. The molecular formula is C18H16Br2N4O6S. The predicted molar refractivity (Wildman–Crippen MR) is 123 cm³/mol. The highest BCUT2D eigenvalue weighted by molar-refractivity contribution is 9.11. The lowest BCUT2D eigenvalue weighted by atomic mass is 10.2. The van der Waals surface area contributed by atoms with Gasteiger partial charge in [-0.2, -0.15) is 0 Å². The van der Waals surface area contributed by atoms with Crippen molar-refractivity contribution in [3.8, 4) is 11.5 Å². The number of carbonyl (C=O) groups excluding carboxylic acids is 2. The van der Waals surface area contributed by atoms with Gasteiger partial charge in [0.2, 0.25) is 0 Å². The smallest absolute Gasteiger partial charge is 0.276 e. The first-order valence-corrected chi connectivity index (χ1v) is 10.5. The van der Waals surface area contributed by atoms with Gasteiger partial charge in [-0.05, 0) is 64.9 Å². The van der Waals surface area contributed by atoms with Crippen LogP contribution in [0.1, 0.15) is 5.56 Å². The van der Waals surface area contributed by atoms with E-state index in [1.165, 1.54) is 24.3 Å². The molecule has 2 amide bonds. The second kappa shape index (κ2) is 11.6. The summed E-state index contributed by atoms with van der Waals surface area (Å²) in [6.07, 6.45) is 0. The third kappa shape index (κ3) is 8.11. The number of benzene rings is 2. The van der Waals surface area contributed by atoms with E-state index in [4.69, 9.17) is 21.7 Å². The fraction of sp³-hybridized carbons (Fsp3) is 0.167. The van der Waals surface area contributed by atoms with Crippen LogP contribution in [0.2, 0.25) is 0 Å². The molecular weight excluding hydrogens is 560 g/mol. The van der Waals surface area contributed by atoms with Crippen LogP contribution in [0, 0.1) is 17.0 Å². The van der Waals surface area contributed by atoms with Crippen LogP contribution < -0.4 is 25.6 Å². The van der Waals surface area contributed by atoms with Crippen molar-refractivity contribution < 1.29 is 24.0 Å². The third-order valence-electron chi connectivity index (χ3n) is 3.53. The Kier molecular flexibility index (Phi) is 9.15. The number of amides is 2. The SMILES string of the molecule is Cc1cc(Br)cc(Br)c1OCC(=O)NC(=S)NNC(=O)COc1ccc([N+](=O)[O-])cc1. The number of non-ortho nitro benzene ring substituents is 1. The number of hydrogen-bond acceptors (Lipinski definition) is 7. The van der Waals surface area contributed by atoms with Gasteiger partial charge in [0.25, 0.3) is 17.5 Å². The van der Waals surface area contributed by atoms with E-state index >= 15 is 0 Å². The Morgan fingerprint density at radius 2 is 1.71 bits per heavy atom. The summed E-state index contributed by atoms with van der Waals surface area (Å²) in [6.45, 7) is 1.17. The van der Waals surface area contributed by atoms with E-state index in [1.807, 2.05) is 13.0 Å². The summed E-state index contributed by atoms with van der Waals surface area (Å²) in [5.74, 6) is -0.305. The van der Waals surface area contributed by atoms with Crippen molar-refractivity contribution >= 4 is 66.7 Å². The van der Waals surface area contributed by atoms with Crippen LogP contribution >= 0.6 is 44.1 Å². The molecule has 2 aromatic rings. The summed E-state index contributed by atoms with van der Waals surface area (Å²) < 4.78 is 12.3. The standard InChI is InChI=1S/C18H16Br2N4O6S/c1-10-6-11(19)7-14(20)17(10)30-8-15(25)21-18(31)23-22-16(26)9-29-13-4-2-12(3-5-13)24(27)28/h2-7H,8-9H2,1H3,(H,22,26)(H2,21,23,25,31). The van der Waals surface area contributed by atoms with E-state index in [-0.39, 0.29) is 29.8 Å². The number of aryl methyl sites for hydroxylation is 1. The lowest BCUT2D eigenvalue weighted by Crippen LogP contribution is -2.50. The Bertz CT molecular complexity index is 980. The van der Waals surface area contributed by atoms with Crippen molar-refractivity contribution in [1.82, 2.24) is 16.2 Å². The molecule has 2 rings (SSSR count). The second-order valence-electron chi connectivity index (χ2n) is 5.91. The van der Waals surface area contributed by atoms with Crippen LogP contribution in [0.3, 0.4) is 0 Å². The summed E-state index contributed by atoms with van der Waals surface area (Å²) >= 11 is 11.7. The van der Waals surface area contributed by atoms with Crippen LogP contribution in [-0.2, 0) is 9.59 Å². The van der Waals surface area contributed by atoms with E-state index in [0.29, 0.717) is 10.2 Å². The van der Waals surface area contributed by atoms with E-state index in [2.05, 4.69) is 48.0 Å². The Hall–Kier alpha value is -2.77. The van der Waals surface area contributed by atoms with E-state index in [9.17, 15) is 19.7 Å². The molecule has 0 bridgehead atoms. The predicted octanol–water partition coefficient (Wildman–Crippen LogP) is 2.91. The van der Waals surface area contributed by atoms with Crippen molar-refractivity contribution in [2.75, 3.05) is 13.2 Å². The molecule has 0 aliphatic carbocycles. The molecule has 13 heteroatoms. The summed E-state index contributed by atoms with van der Waals surface area (Å²) in [5, 5.41) is 12.8. The van der Waals surface area contributed by atoms with Gasteiger partial charge in [-0.25, -0.2) is 0 Å². The first kappa shape index (κ1) is 24.5. The average Bonchev–Trinajstić information content (AvgIpc) is 2.70. The summed E-state index contributed by atoms with van der Waals surface area (Å²) in [5.41, 5.74) is 5.35. The Morgan fingerprint density at radius 3 is 2.32 bits per heavy atom. The maximum Gasteiger partial charge on any atom is 0.276 e. The van der Waals surface area contributed by atoms with Gasteiger partial charge in [-0.15, -0.1) is 0 Å². The highest BCUT2D eigenvalue weighted by Gasteiger charge is 2.12. The Balaban J connectivity index is 1.70. The zero-order valence-corrected chi connectivity index (χ0v) is 19.9. The monoisotopic (exact) mass is 574 g/mol. The normalized spacial score (nSPS) is 10.0. The third-order valence-corrected chi connectivity index (χ3v) is 4.78. The molecule has 0 fully saturated rings. The van der Waals surface area contributed by atoms with Gasteiger partial charge >= 0.3 is 0 Å². The molecule has 0 aliphatic heterocycles. The number of hydrazine groups is 1. The number of thiocarbonyl (C=S) groups is 1. The largest absolute Gasteiger partial charge is 0.484 e. The summed E-state index contributed by atoms with van der Waals surface area (Å²) in [4.78, 5) is 33.8. The number of nitrogens with one attached hydrogen (secondary N) is 3. The van der Waals surface area contributed by atoms with Gasteiger partial charge in [0.1, 0.15) is 11.5 Å².